The highest BCUT2D eigenvalue weighted by atomic mass is 32.1. The third kappa shape index (κ3) is 3.14. The topological polar surface area (TPSA) is 49.2 Å². The molecule has 0 aliphatic rings. The average molecular weight is 341 g/mol. The van der Waals surface area contributed by atoms with Crippen molar-refractivity contribution in [3.63, 3.8) is 0 Å². The maximum Gasteiger partial charge on any atom is 0.141 e. The van der Waals surface area contributed by atoms with Gasteiger partial charge >= 0.3 is 0 Å². The van der Waals surface area contributed by atoms with Crippen LogP contribution in [0.5, 0.6) is 0 Å². The van der Waals surface area contributed by atoms with Crippen molar-refractivity contribution in [1.29, 1.82) is 0 Å². The van der Waals surface area contributed by atoms with Crippen LogP contribution in [0.25, 0.3) is 21.3 Å². The molecule has 1 N–H and O–H groups in total. The summed E-state index contributed by atoms with van der Waals surface area (Å²) in [7, 11) is 1.96. The molecule has 0 saturated heterocycles. The van der Waals surface area contributed by atoms with Crippen molar-refractivity contribution >= 4 is 27.4 Å². The SMILES string of the molecule is Cc1nc(N(C)CCO)c2c(-c3ccc(C(C)C)cc3)csc2n1. The van der Waals surface area contributed by atoms with Gasteiger partial charge in [-0.05, 0) is 24.0 Å². The van der Waals surface area contributed by atoms with Gasteiger partial charge < -0.3 is 10.0 Å². The van der Waals surface area contributed by atoms with Gasteiger partial charge in [0, 0.05) is 24.5 Å². The number of likely N-dealkylation sites (N-methyl/N-ethyl adjacent to an activating group) is 1. The Bertz CT molecular complexity index is 840. The second kappa shape index (κ2) is 6.87. The van der Waals surface area contributed by atoms with Gasteiger partial charge in [0.05, 0.1) is 12.0 Å². The Labute approximate surface area is 146 Å². The number of fused-ring (bicyclic) bond motifs is 1. The van der Waals surface area contributed by atoms with Gasteiger partial charge in [-0.15, -0.1) is 11.3 Å². The van der Waals surface area contributed by atoms with Crippen molar-refractivity contribution < 1.29 is 5.11 Å². The maximum absolute atomic E-state index is 9.28. The highest BCUT2D eigenvalue weighted by molar-refractivity contribution is 7.17. The van der Waals surface area contributed by atoms with E-state index in [0.29, 0.717) is 12.5 Å². The maximum atomic E-state index is 9.28. The highest BCUT2D eigenvalue weighted by Gasteiger charge is 2.17. The monoisotopic (exact) mass is 341 g/mol. The molecule has 0 spiro atoms. The summed E-state index contributed by atoms with van der Waals surface area (Å²) >= 11 is 1.64. The van der Waals surface area contributed by atoms with Crippen LogP contribution in [0.2, 0.25) is 0 Å². The molecule has 0 amide bonds. The lowest BCUT2D eigenvalue weighted by molar-refractivity contribution is 0.304. The van der Waals surface area contributed by atoms with Gasteiger partial charge in [-0.25, -0.2) is 9.97 Å². The molecule has 0 aliphatic heterocycles. The molecule has 2 heterocycles. The van der Waals surface area contributed by atoms with Crippen LogP contribution in [0, 0.1) is 6.92 Å². The summed E-state index contributed by atoms with van der Waals surface area (Å²) in [5.74, 6) is 2.16. The summed E-state index contributed by atoms with van der Waals surface area (Å²) in [4.78, 5) is 12.2. The van der Waals surface area contributed by atoms with Crippen LogP contribution in [0.1, 0.15) is 31.2 Å². The molecule has 0 aliphatic carbocycles. The third-order valence-corrected chi connectivity index (χ3v) is 5.08. The Morgan fingerprint density at radius 2 is 1.88 bits per heavy atom. The summed E-state index contributed by atoms with van der Waals surface area (Å²) < 4.78 is 0. The number of hydrogen-bond donors (Lipinski definition) is 1. The van der Waals surface area contributed by atoms with Crippen LogP contribution in [0.15, 0.2) is 29.6 Å². The Morgan fingerprint density at radius 1 is 1.17 bits per heavy atom. The van der Waals surface area contributed by atoms with Crippen LogP contribution < -0.4 is 4.90 Å². The van der Waals surface area contributed by atoms with Crippen molar-refractivity contribution in [3.8, 4) is 11.1 Å². The van der Waals surface area contributed by atoms with Gasteiger partial charge in [0.1, 0.15) is 16.5 Å². The first kappa shape index (κ1) is 16.9. The summed E-state index contributed by atoms with van der Waals surface area (Å²) in [5, 5.41) is 12.5. The summed E-state index contributed by atoms with van der Waals surface area (Å²) in [6.45, 7) is 6.96. The first-order chi connectivity index (χ1) is 11.5. The molecule has 0 fully saturated rings. The molecule has 0 saturated carbocycles. The first-order valence-electron chi connectivity index (χ1n) is 8.19. The number of aromatic nitrogens is 2. The molecule has 3 rings (SSSR count). The molecule has 24 heavy (non-hydrogen) atoms. The van der Waals surface area contributed by atoms with E-state index in [-0.39, 0.29) is 6.61 Å². The van der Waals surface area contributed by atoms with Crippen molar-refractivity contribution in [2.45, 2.75) is 26.7 Å². The molecule has 0 unspecified atom stereocenters. The quantitative estimate of drug-likeness (QED) is 0.755. The Kier molecular flexibility index (Phi) is 4.83. The van der Waals surface area contributed by atoms with E-state index < -0.39 is 0 Å². The Balaban J connectivity index is 2.15. The molecule has 0 atom stereocenters. The first-order valence-corrected chi connectivity index (χ1v) is 9.07. The summed E-state index contributed by atoms with van der Waals surface area (Å²) in [6.07, 6.45) is 0. The molecule has 5 heteroatoms. The minimum Gasteiger partial charge on any atom is -0.395 e. The molecule has 0 bridgehead atoms. The van der Waals surface area contributed by atoms with Crippen LogP contribution in [-0.2, 0) is 0 Å². The van der Waals surface area contributed by atoms with Crippen molar-refractivity contribution in [2.75, 3.05) is 25.1 Å². The predicted molar refractivity (Wildman–Crippen MR) is 102 cm³/mol. The average Bonchev–Trinajstić information content (AvgIpc) is 2.98. The van der Waals surface area contributed by atoms with Crippen LogP contribution >= 0.6 is 11.3 Å². The van der Waals surface area contributed by atoms with E-state index in [1.807, 2.05) is 18.9 Å². The lowest BCUT2D eigenvalue weighted by atomic mass is 9.99. The van der Waals surface area contributed by atoms with Gasteiger partial charge in [0.15, 0.2) is 0 Å². The van der Waals surface area contributed by atoms with Gasteiger partial charge in [-0.3, -0.25) is 0 Å². The molecule has 126 valence electrons. The minimum absolute atomic E-state index is 0.101. The molecular formula is C19H23N3OS. The van der Waals surface area contributed by atoms with Gasteiger partial charge in [-0.1, -0.05) is 38.1 Å². The number of aliphatic hydroxyl groups excluding tert-OH is 1. The largest absolute Gasteiger partial charge is 0.395 e. The van der Waals surface area contributed by atoms with E-state index in [1.165, 1.54) is 11.1 Å². The zero-order valence-electron chi connectivity index (χ0n) is 14.6. The number of anilines is 1. The molecule has 0 radical (unpaired) electrons. The number of rotatable bonds is 5. The fourth-order valence-electron chi connectivity index (χ4n) is 2.82. The van der Waals surface area contributed by atoms with Crippen LogP contribution in [0.3, 0.4) is 0 Å². The normalized spacial score (nSPS) is 11.4. The second-order valence-corrected chi connectivity index (χ2v) is 7.20. The van der Waals surface area contributed by atoms with E-state index >= 15 is 0 Å². The number of benzene rings is 1. The van der Waals surface area contributed by atoms with E-state index in [1.54, 1.807) is 11.3 Å². The zero-order valence-corrected chi connectivity index (χ0v) is 15.4. The Morgan fingerprint density at radius 3 is 2.50 bits per heavy atom. The second-order valence-electron chi connectivity index (χ2n) is 6.35. The number of hydrogen-bond acceptors (Lipinski definition) is 5. The molecule has 1 aromatic carbocycles. The number of nitrogens with zero attached hydrogens (tertiary/aromatic N) is 3. The third-order valence-electron chi connectivity index (χ3n) is 4.21. The van der Waals surface area contributed by atoms with Crippen molar-refractivity contribution in [3.05, 3.63) is 41.0 Å². The zero-order chi connectivity index (χ0) is 17.3. The molecule has 4 nitrogen and oxygen atoms in total. The van der Waals surface area contributed by atoms with Crippen LogP contribution in [-0.4, -0.2) is 35.3 Å². The van der Waals surface area contributed by atoms with E-state index in [4.69, 9.17) is 0 Å². The van der Waals surface area contributed by atoms with Crippen molar-refractivity contribution in [2.24, 2.45) is 0 Å². The van der Waals surface area contributed by atoms with Crippen LogP contribution in [0.4, 0.5) is 5.82 Å². The molecule has 3 aromatic rings. The smallest absolute Gasteiger partial charge is 0.141 e. The fourth-order valence-corrected chi connectivity index (χ4v) is 3.81. The number of aryl methyl sites for hydroxylation is 1. The van der Waals surface area contributed by atoms with Gasteiger partial charge in [0.25, 0.3) is 0 Å². The summed E-state index contributed by atoms with van der Waals surface area (Å²) in [5.41, 5.74) is 3.67. The summed E-state index contributed by atoms with van der Waals surface area (Å²) in [6, 6.07) is 8.73. The lowest BCUT2D eigenvalue weighted by Crippen LogP contribution is -2.23. The number of thiophene rings is 1. The minimum atomic E-state index is 0.101. The lowest BCUT2D eigenvalue weighted by Gasteiger charge is -2.19. The van der Waals surface area contributed by atoms with Gasteiger partial charge in [-0.2, -0.15) is 0 Å². The highest BCUT2D eigenvalue weighted by Crippen LogP contribution is 2.38. The standard InChI is InChI=1S/C19H23N3OS/c1-12(2)14-5-7-15(8-6-14)16-11-24-19-17(16)18(20-13(3)21-19)22(4)9-10-23/h5-8,11-12,23H,9-10H2,1-4H3. The number of aliphatic hydroxyl groups is 1. The van der Waals surface area contributed by atoms with E-state index in [0.717, 1.165) is 27.4 Å². The molecular weight excluding hydrogens is 318 g/mol. The Hall–Kier alpha value is -1.98. The predicted octanol–water partition coefficient (Wildman–Crippen LogP) is 4.22. The van der Waals surface area contributed by atoms with Gasteiger partial charge in [0.2, 0.25) is 0 Å². The van der Waals surface area contributed by atoms with E-state index in [9.17, 15) is 5.11 Å². The van der Waals surface area contributed by atoms with Crippen molar-refractivity contribution in [1.82, 2.24) is 9.97 Å². The molecule has 2 aromatic heterocycles. The fraction of sp³-hybridized carbons (Fsp3) is 0.368. The van der Waals surface area contributed by atoms with E-state index in [2.05, 4.69) is 53.5 Å².